The fraction of sp³-hybridized carbons (Fsp3) is 0.486. The maximum atomic E-state index is 13.9. The molecule has 0 unspecified atom stereocenters. The van der Waals surface area contributed by atoms with Gasteiger partial charge in [-0.05, 0) is 98.5 Å². The zero-order valence-electron chi connectivity index (χ0n) is 28.1. The molecule has 47 heavy (non-hydrogen) atoms. The number of carbonyl (C=O) groups is 2. The summed E-state index contributed by atoms with van der Waals surface area (Å²) in [4.78, 5) is 39.3. The number of aromatic nitrogens is 1. The highest BCUT2D eigenvalue weighted by Gasteiger charge is 2.37. The van der Waals surface area contributed by atoms with Crippen LogP contribution < -0.4 is 19.3 Å². The second-order valence-corrected chi connectivity index (χ2v) is 13.9. The number of hydrogen-bond donors (Lipinski definition) is 0. The minimum atomic E-state index is -0.389. The van der Waals surface area contributed by atoms with E-state index in [0.717, 1.165) is 73.5 Å². The average Bonchev–Trinajstić information content (AvgIpc) is 3.06. The summed E-state index contributed by atoms with van der Waals surface area (Å²) in [5, 5.41) is 0.637. The first-order valence-corrected chi connectivity index (χ1v) is 17.1. The van der Waals surface area contributed by atoms with Crippen LogP contribution in [0.1, 0.15) is 62.3 Å². The normalized spacial score (nSPS) is 22.0. The number of fused-ring (bicyclic) bond motifs is 1. The highest BCUT2D eigenvalue weighted by atomic mass is 35.5. The monoisotopic (exact) mass is 659 g/mol. The molecule has 3 aromatic rings. The Hall–Kier alpha value is -3.82. The van der Waals surface area contributed by atoms with Gasteiger partial charge in [-0.3, -0.25) is 19.4 Å². The predicted octanol–water partition coefficient (Wildman–Crippen LogP) is 5.98. The summed E-state index contributed by atoms with van der Waals surface area (Å²) in [6, 6.07) is 15.7. The summed E-state index contributed by atoms with van der Waals surface area (Å²) in [7, 11) is 5.61. The standard InChI is InChI=1S/C37H46ClN5O4/c1-24(2)47-33-20-31-27(18-32(33)46-5)19-35(44)43(37(31)26-8-10-28(38)11-9-26)30-14-15-34(39-21-30)41(4)22-25-6-12-29(13-7-25)42-17-16-40(3)36(45)23-42/h8-11,14-15,18,20-21,24-25,29,37H,6-7,12-13,16-17,19,22-23H2,1-5H3/t25-,29-,37-/m0/s1. The fourth-order valence-electron chi connectivity index (χ4n) is 7.34. The van der Waals surface area contributed by atoms with Gasteiger partial charge in [0.15, 0.2) is 11.5 Å². The molecule has 9 nitrogen and oxygen atoms in total. The molecule has 0 bridgehead atoms. The van der Waals surface area contributed by atoms with Gasteiger partial charge in [0.05, 0.1) is 44.1 Å². The molecule has 3 heterocycles. The first kappa shape index (κ1) is 33.1. The lowest BCUT2D eigenvalue weighted by atomic mass is 9.84. The number of likely N-dealkylation sites (N-methyl/N-ethyl adjacent to an activating group) is 1. The smallest absolute Gasteiger partial charge is 0.236 e. The Balaban J connectivity index is 1.19. The lowest BCUT2D eigenvalue weighted by molar-refractivity contribution is -0.135. The highest BCUT2D eigenvalue weighted by molar-refractivity contribution is 6.30. The number of rotatable bonds is 9. The van der Waals surface area contributed by atoms with E-state index in [2.05, 4.69) is 16.8 Å². The molecule has 0 N–H and O–H groups in total. The minimum Gasteiger partial charge on any atom is -0.493 e. The van der Waals surface area contributed by atoms with Crippen molar-refractivity contribution in [3.8, 4) is 11.5 Å². The molecule has 0 spiro atoms. The van der Waals surface area contributed by atoms with E-state index in [9.17, 15) is 9.59 Å². The van der Waals surface area contributed by atoms with Crippen LogP contribution in [-0.2, 0) is 16.0 Å². The van der Waals surface area contributed by atoms with E-state index in [0.29, 0.717) is 35.0 Å². The summed E-state index contributed by atoms with van der Waals surface area (Å²) in [5.74, 6) is 2.94. The second-order valence-electron chi connectivity index (χ2n) is 13.5. The van der Waals surface area contributed by atoms with E-state index in [-0.39, 0.29) is 30.4 Å². The third-order valence-corrected chi connectivity index (χ3v) is 10.1. The molecule has 1 saturated heterocycles. The van der Waals surface area contributed by atoms with Gasteiger partial charge < -0.3 is 19.3 Å². The highest BCUT2D eigenvalue weighted by Crippen LogP contribution is 2.44. The SMILES string of the molecule is COc1cc2c(cc1OC(C)C)[C@H](c1ccc(Cl)cc1)N(c1ccc(N(C)C[C@H]3CC[C@H](N4CCN(C)C(=O)C4)CC3)nc1)C(=O)C2. The summed E-state index contributed by atoms with van der Waals surface area (Å²) in [6.45, 7) is 7.23. The Morgan fingerprint density at radius 2 is 1.72 bits per heavy atom. The van der Waals surface area contributed by atoms with Crippen LogP contribution in [-0.4, -0.2) is 86.1 Å². The Bertz CT molecular complexity index is 1570. The lowest BCUT2D eigenvalue weighted by Gasteiger charge is -2.41. The van der Waals surface area contributed by atoms with Crippen LogP contribution in [0, 0.1) is 5.92 Å². The number of benzene rings is 2. The Morgan fingerprint density at radius 1 is 0.979 bits per heavy atom. The van der Waals surface area contributed by atoms with Gasteiger partial charge in [0.25, 0.3) is 0 Å². The molecule has 10 heteroatoms. The lowest BCUT2D eigenvalue weighted by Crippen LogP contribution is -2.53. The minimum absolute atomic E-state index is 0.0151. The molecule has 1 atom stereocenters. The maximum Gasteiger partial charge on any atom is 0.236 e. The van der Waals surface area contributed by atoms with E-state index < -0.39 is 0 Å². The van der Waals surface area contributed by atoms with Gasteiger partial charge >= 0.3 is 0 Å². The van der Waals surface area contributed by atoms with Crippen LogP contribution in [0.25, 0.3) is 0 Å². The van der Waals surface area contributed by atoms with Crippen LogP contribution >= 0.6 is 11.6 Å². The number of pyridine rings is 1. The first-order chi connectivity index (χ1) is 22.6. The molecule has 1 aliphatic carbocycles. The largest absolute Gasteiger partial charge is 0.493 e. The van der Waals surface area contributed by atoms with Crippen molar-refractivity contribution in [2.75, 3.05) is 57.2 Å². The fourth-order valence-corrected chi connectivity index (χ4v) is 7.46. The number of halogens is 1. The molecule has 1 saturated carbocycles. The Morgan fingerprint density at radius 3 is 2.36 bits per heavy atom. The Labute approximate surface area is 283 Å². The summed E-state index contributed by atoms with van der Waals surface area (Å²) in [5.41, 5.74) is 3.59. The number of hydrogen-bond acceptors (Lipinski definition) is 7. The van der Waals surface area contributed by atoms with Gasteiger partial charge in [-0.2, -0.15) is 0 Å². The number of amides is 2. The van der Waals surface area contributed by atoms with Crippen molar-refractivity contribution in [1.82, 2.24) is 14.8 Å². The predicted molar refractivity (Wildman–Crippen MR) is 186 cm³/mol. The van der Waals surface area contributed by atoms with Crippen LogP contribution in [0.5, 0.6) is 11.5 Å². The van der Waals surface area contributed by atoms with E-state index in [1.807, 2.05) is 85.4 Å². The van der Waals surface area contributed by atoms with E-state index in [4.69, 9.17) is 26.1 Å². The van der Waals surface area contributed by atoms with Crippen LogP contribution in [0.4, 0.5) is 11.5 Å². The molecule has 2 amide bonds. The van der Waals surface area contributed by atoms with Crippen molar-refractivity contribution in [1.29, 1.82) is 0 Å². The third-order valence-electron chi connectivity index (χ3n) is 9.89. The number of piperazine rings is 1. The van der Waals surface area contributed by atoms with Gasteiger partial charge in [0, 0.05) is 44.8 Å². The quantitative estimate of drug-likeness (QED) is 0.280. The Kier molecular flexibility index (Phi) is 9.94. The van der Waals surface area contributed by atoms with Crippen LogP contribution in [0.2, 0.25) is 5.02 Å². The molecule has 3 aliphatic rings. The van der Waals surface area contributed by atoms with Crippen molar-refractivity contribution >= 4 is 34.9 Å². The molecule has 250 valence electrons. The number of methoxy groups -OCH3 is 1. The molecule has 0 radical (unpaired) electrons. The van der Waals surface area contributed by atoms with Gasteiger partial charge in [-0.15, -0.1) is 0 Å². The average molecular weight is 660 g/mol. The zero-order chi connectivity index (χ0) is 33.2. The topological polar surface area (TPSA) is 78.5 Å². The third kappa shape index (κ3) is 7.21. The van der Waals surface area contributed by atoms with Gasteiger partial charge in [0.1, 0.15) is 5.82 Å². The molecule has 2 aliphatic heterocycles. The van der Waals surface area contributed by atoms with Gasteiger partial charge in [0.2, 0.25) is 11.8 Å². The molecular weight excluding hydrogens is 614 g/mol. The van der Waals surface area contributed by atoms with Crippen LogP contribution in [0.15, 0.2) is 54.7 Å². The number of carbonyl (C=O) groups excluding carboxylic acids is 2. The zero-order valence-corrected chi connectivity index (χ0v) is 28.9. The van der Waals surface area contributed by atoms with Crippen LogP contribution in [0.3, 0.4) is 0 Å². The van der Waals surface area contributed by atoms with Crippen molar-refractivity contribution in [3.63, 3.8) is 0 Å². The van der Waals surface area contributed by atoms with Crippen molar-refractivity contribution < 1.29 is 19.1 Å². The summed E-state index contributed by atoms with van der Waals surface area (Å²) in [6.07, 6.45) is 6.56. The molecule has 2 fully saturated rings. The molecule has 1 aromatic heterocycles. The van der Waals surface area contributed by atoms with Crippen molar-refractivity contribution in [2.45, 2.75) is 64.1 Å². The summed E-state index contributed by atoms with van der Waals surface area (Å²) < 4.78 is 11.8. The maximum absolute atomic E-state index is 13.9. The molecular formula is C37H46ClN5O4. The second kappa shape index (κ2) is 14.1. The first-order valence-electron chi connectivity index (χ1n) is 16.7. The van der Waals surface area contributed by atoms with E-state index in [1.54, 1.807) is 7.11 Å². The molecule has 6 rings (SSSR count). The summed E-state index contributed by atoms with van der Waals surface area (Å²) >= 11 is 6.28. The van der Waals surface area contributed by atoms with Crippen molar-refractivity contribution in [3.05, 3.63) is 76.4 Å². The molecule has 2 aromatic carbocycles. The van der Waals surface area contributed by atoms with E-state index >= 15 is 0 Å². The number of nitrogens with zero attached hydrogens (tertiary/aromatic N) is 5. The number of anilines is 2. The number of ether oxygens (including phenoxy) is 2. The van der Waals surface area contributed by atoms with Gasteiger partial charge in [-0.25, -0.2) is 4.98 Å². The van der Waals surface area contributed by atoms with Gasteiger partial charge in [-0.1, -0.05) is 23.7 Å². The van der Waals surface area contributed by atoms with E-state index in [1.165, 1.54) is 0 Å². The van der Waals surface area contributed by atoms with Crippen molar-refractivity contribution in [2.24, 2.45) is 5.92 Å².